The maximum atomic E-state index is 10.6. The molecule has 1 aliphatic rings. The quantitative estimate of drug-likeness (QED) is 0.776. The van der Waals surface area contributed by atoms with Crippen LogP contribution in [-0.2, 0) is 0 Å². The van der Waals surface area contributed by atoms with Crippen LogP contribution in [0.25, 0.3) is 6.08 Å². The van der Waals surface area contributed by atoms with Gasteiger partial charge in [-0.2, -0.15) is 0 Å². The zero-order valence-corrected chi connectivity index (χ0v) is 15.9. The molecule has 2 heteroatoms. The molecule has 3 N–H and O–H groups in total. The zero-order chi connectivity index (χ0) is 18.0. The first-order valence-electron chi connectivity index (χ1n) is 9.04. The first-order chi connectivity index (χ1) is 11.2. The Morgan fingerprint density at radius 2 is 2.00 bits per heavy atom. The van der Waals surface area contributed by atoms with Crippen molar-refractivity contribution in [1.82, 2.24) is 0 Å². The Kier molecular flexibility index (Phi) is 5.72. The van der Waals surface area contributed by atoms with E-state index >= 15 is 0 Å². The Morgan fingerprint density at radius 3 is 2.62 bits per heavy atom. The van der Waals surface area contributed by atoms with Crippen LogP contribution in [0.4, 0.5) is 0 Å². The van der Waals surface area contributed by atoms with Gasteiger partial charge in [0.25, 0.3) is 0 Å². The summed E-state index contributed by atoms with van der Waals surface area (Å²) >= 11 is 0. The third kappa shape index (κ3) is 4.17. The highest BCUT2D eigenvalue weighted by atomic mass is 16.3. The van der Waals surface area contributed by atoms with Crippen molar-refractivity contribution in [2.45, 2.75) is 60.0 Å². The van der Waals surface area contributed by atoms with Crippen molar-refractivity contribution in [3.63, 3.8) is 0 Å². The molecule has 0 saturated heterocycles. The van der Waals surface area contributed by atoms with E-state index in [1.54, 1.807) is 0 Å². The Bertz CT molecular complexity index is 637. The molecule has 2 rings (SSSR count). The molecule has 0 saturated carbocycles. The van der Waals surface area contributed by atoms with E-state index in [4.69, 9.17) is 5.73 Å². The highest BCUT2D eigenvalue weighted by Gasteiger charge is 2.28. The van der Waals surface area contributed by atoms with E-state index in [-0.39, 0.29) is 10.8 Å². The normalized spacial score (nSPS) is 19.8. The van der Waals surface area contributed by atoms with Gasteiger partial charge in [0.1, 0.15) is 0 Å². The molecule has 0 spiro atoms. The minimum Gasteiger partial charge on any atom is -0.388 e. The van der Waals surface area contributed by atoms with Crippen molar-refractivity contribution in [1.29, 1.82) is 0 Å². The Labute approximate surface area is 147 Å². The van der Waals surface area contributed by atoms with Gasteiger partial charge in [-0.3, -0.25) is 0 Å². The molecular formula is C22H33NO. The summed E-state index contributed by atoms with van der Waals surface area (Å²) in [4.78, 5) is 0. The Balaban J connectivity index is 2.27. The molecule has 2 nitrogen and oxygen atoms in total. The minimum absolute atomic E-state index is 0.248. The number of hydrogen-bond donors (Lipinski definition) is 2. The lowest BCUT2D eigenvalue weighted by atomic mass is 9.72. The summed E-state index contributed by atoms with van der Waals surface area (Å²) in [7, 11) is 0. The largest absolute Gasteiger partial charge is 0.388 e. The number of hydrogen-bond acceptors (Lipinski definition) is 2. The van der Waals surface area contributed by atoms with Crippen LogP contribution in [0.2, 0.25) is 0 Å². The third-order valence-electron chi connectivity index (χ3n) is 5.48. The van der Waals surface area contributed by atoms with E-state index < -0.39 is 6.10 Å². The van der Waals surface area contributed by atoms with E-state index in [0.717, 1.165) is 11.1 Å². The second-order valence-electron chi connectivity index (χ2n) is 8.53. The van der Waals surface area contributed by atoms with Gasteiger partial charge in [-0.1, -0.05) is 63.6 Å². The number of nitrogens with two attached hydrogens (primary N) is 1. The average Bonchev–Trinajstić information content (AvgIpc) is 2.53. The van der Waals surface area contributed by atoms with Crippen LogP contribution in [0.15, 0.2) is 41.5 Å². The fourth-order valence-electron chi connectivity index (χ4n) is 3.59. The van der Waals surface area contributed by atoms with Gasteiger partial charge in [0.05, 0.1) is 6.10 Å². The molecule has 1 unspecified atom stereocenters. The molecule has 1 atom stereocenters. The average molecular weight is 328 g/mol. The summed E-state index contributed by atoms with van der Waals surface area (Å²) in [6.45, 7) is 11.4. The molecule has 0 radical (unpaired) electrons. The number of aliphatic hydroxyl groups excluding tert-OH is 1. The van der Waals surface area contributed by atoms with Crippen molar-refractivity contribution in [2.75, 3.05) is 6.54 Å². The molecule has 0 heterocycles. The van der Waals surface area contributed by atoms with Gasteiger partial charge in [0.15, 0.2) is 0 Å². The highest BCUT2D eigenvalue weighted by molar-refractivity contribution is 5.55. The van der Waals surface area contributed by atoms with Crippen LogP contribution in [0.1, 0.15) is 71.1 Å². The van der Waals surface area contributed by atoms with Crippen molar-refractivity contribution < 1.29 is 5.11 Å². The fourth-order valence-corrected chi connectivity index (χ4v) is 3.59. The van der Waals surface area contributed by atoms with Gasteiger partial charge >= 0.3 is 0 Å². The van der Waals surface area contributed by atoms with Crippen molar-refractivity contribution in [3.05, 3.63) is 52.6 Å². The number of rotatable bonds is 5. The summed E-state index contributed by atoms with van der Waals surface area (Å²) in [6, 6.07) is 8.16. The van der Waals surface area contributed by atoms with Crippen LogP contribution in [0, 0.1) is 10.8 Å². The van der Waals surface area contributed by atoms with E-state index in [9.17, 15) is 5.11 Å². The second-order valence-corrected chi connectivity index (χ2v) is 8.53. The van der Waals surface area contributed by atoms with Crippen LogP contribution >= 0.6 is 0 Å². The Morgan fingerprint density at radius 1 is 1.29 bits per heavy atom. The topological polar surface area (TPSA) is 46.2 Å². The SMILES string of the molecule is CC1=C(C=Cc2cccc(C(O)C(C)(C)CN)c2)C(C)(C)CCC1. The van der Waals surface area contributed by atoms with E-state index in [0.29, 0.717) is 6.54 Å². The summed E-state index contributed by atoms with van der Waals surface area (Å²) in [5.74, 6) is 0. The molecule has 1 aliphatic carbocycles. The van der Waals surface area contributed by atoms with Crippen LogP contribution in [-0.4, -0.2) is 11.7 Å². The van der Waals surface area contributed by atoms with Gasteiger partial charge in [-0.25, -0.2) is 0 Å². The van der Waals surface area contributed by atoms with Crippen LogP contribution < -0.4 is 5.73 Å². The van der Waals surface area contributed by atoms with E-state index in [1.807, 2.05) is 26.0 Å². The van der Waals surface area contributed by atoms with Gasteiger partial charge < -0.3 is 10.8 Å². The van der Waals surface area contributed by atoms with Crippen LogP contribution in [0.3, 0.4) is 0 Å². The monoisotopic (exact) mass is 327 g/mol. The lowest BCUT2D eigenvalue weighted by Gasteiger charge is -2.33. The van der Waals surface area contributed by atoms with E-state index in [1.165, 1.54) is 30.4 Å². The maximum absolute atomic E-state index is 10.6. The zero-order valence-electron chi connectivity index (χ0n) is 15.9. The van der Waals surface area contributed by atoms with Gasteiger partial charge in [0, 0.05) is 12.0 Å². The number of benzene rings is 1. The van der Waals surface area contributed by atoms with Crippen molar-refractivity contribution in [2.24, 2.45) is 16.6 Å². The summed E-state index contributed by atoms with van der Waals surface area (Å²) in [6.07, 6.45) is 7.63. The molecule has 1 aromatic carbocycles. The van der Waals surface area contributed by atoms with Gasteiger partial charge in [-0.15, -0.1) is 0 Å². The minimum atomic E-state index is -0.553. The Hall–Kier alpha value is -1.38. The molecule has 0 aliphatic heterocycles. The van der Waals surface area contributed by atoms with Gasteiger partial charge in [0.2, 0.25) is 0 Å². The first-order valence-corrected chi connectivity index (χ1v) is 9.04. The summed E-state index contributed by atoms with van der Waals surface area (Å²) < 4.78 is 0. The smallest absolute Gasteiger partial charge is 0.0853 e. The molecule has 132 valence electrons. The van der Waals surface area contributed by atoms with Crippen LogP contribution in [0.5, 0.6) is 0 Å². The number of aliphatic hydroxyl groups is 1. The standard InChI is InChI=1S/C22H33NO/c1-16-8-7-13-21(2,3)19(16)12-11-17-9-6-10-18(14-17)20(24)22(4,5)15-23/h6,9-12,14,20,24H,7-8,13,15,23H2,1-5H3. The predicted molar refractivity (Wildman–Crippen MR) is 104 cm³/mol. The summed E-state index contributed by atoms with van der Waals surface area (Å²) in [5.41, 5.74) is 10.7. The lowest BCUT2D eigenvalue weighted by molar-refractivity contribution is 0.0555. The van der Waals surface area contributed by atoms with Gasteiger partial charge in [-0.05, 0) is 54.4 Å². The second kappa shape index (κ2) is 7.25. The third-order valence-corrected chi connectivity index (χ3v) is 5.48. The molecular weight excluding hydrogens is 294 g/mol. The molecule has 1 aromatic rings. The molecule has 24 heavy (non-hydrogen) atoms. The molecule has 0 amide bonds. The number of allylic oxidation sites excluding steroid dienone is 3. The fraction of sp³-hybridized carbons (Fsp3) is 0.545. The summed E-state index contributed by atoms with van der Waals surface area (Å²) in [5, 5.41) is 10.6. The first kappa shape index (κ1) is 19.0. The lowest BCUT2D eigenvalue weighted by Crippen LogP contribution is -2.30. The molecule has 0 aromatic heterocycles. The van der Waals surface area contributed by atoms with Crippen molar-refractivity contribution in [3.8, 4) is 0 Å². The van der Waals surface area contributed by atoms with Crippen molar-refractivity contribution >= 4 is 6.08 Å². The molecule has 0 bridgehead atoms. The van der Waals surface area contributed by atoms with E-state index in [2.05, 4.69) is 45.1 Å². The predicted octanol–water partition coefficient (Wildman–Crippen LogP) is 5.24. The highest BCUT2D eigenvalue weighted by Crippen LogP contribution is 2.41. The molecule has 0 fully saturated rings. The maximum Gasteiger partial charge on any atom is 0.0853 e.